The van der Waals surface area contributed by atoms with E-state index in [9.17, 15) is 0 Å². The monoisotopic (exact) mass is 533 g/mol. The molecule has 1 saturated heterocycles. The summed E-state index contributed by atoms with van der Waals surface area (Å²) >= 11 is 0. The fraction of sp³-hybridized carbons (Fsp3) is 0.308. The summed E-state index contributed by atoms with van der Waals surface area (Å²) in [6, 6.07) is 5.91. The highest BCUT2D eigenvalue weighted by atomic mass is 19.3. The predicted octanol–water partition coefficient (Wildman–Crippen LogP) is 2.83. The Kier molecular flexibility index (Phi) is 6.67. The minimum absolute atomic E-state index is 0.0704. The molecule has 0 aliphatic carbocycles. The molecule has 1 aliphatic rings. The van der Waals surface area contributed by atoms with Crippen LogP contribution in [-0.2, 0) is 17.7 Å². The molecule has 0 N–H and O–H groups in total. The number of hydrogen-bond donors (Lipinski definition) is 0. The molecule has 11 nitrogen and oxygen atoms in total. The smallest absolute Gasteiger partial charge is 0.332 e. The lowest BCUT2D eigenvalue weighted by Crippen LogP contribution is -2.38. The van der Waals surface area contributed by atoms with Crippen LogP contribution in [0.25, 0.3) is 28.3 Å². The van der Waals surface area contributed by atoms with E-state index >= 15 is 8.78 Å². The first kappa shape index (κ1) is 24.9. The van der Waals surface area contributed by atoms with Gasteiger partial charge in [0.2, 0.25) is 5.82 Å². The molecule has 1 fully saturated rings. The molecule has 0 spiro atoms. The molecule has 5 aromatic rings. The van der Waals surface area contributed by atoms with E-state index in [0.29, 0.717) is 29.3 Å². The zero-order chi connectivity index (χ0) is 26.8. The molecule has 5 heterocycles. The van der Waals surface area contributed by atoms with Crippen LogP contribution in [0.4, 0.5) is 8.78 Å². The number of fused-ring (bicyclic) bond motifs is 1. The quantitative estimate of drug-likeness (QED) is 0.298. The van der Waals surface area contributed by atoms with Crippen molar-refractivity contribution in [2.75, 3.05) is 39.5 Å². The summed E-state index contributed by atoms with van der Waals surface area (Å²) in [5.41, 5.74) is 1.52. The molecule has 0 radical (unpaired) electrons. The van der Waals surface area contributed by atoms with E-state index in [0.717, 1.165) is 38.4 Å². The van der Waals surface area contributed by atoms with Gasteiger partial charge in [0.05, 0.1) is 31.8 Å². The third-order valence-corrected chi connectivity index (χ3v) is 6.48. The van der Waals surface area contributed by atoms with Gasteiger partial charge in [0.15, 0.2) is 11.6 Å². The van der Waals surface area contributed by atoms with Crippen molar-refractivity contribution in [1.82, 2.24) is 44.2 Å². The van der Waals surface area contributed by atoms with Crippen molar-refractivity contribution >= 4 is 5.78 Å². The van der Waals surface area contributed by atoms with Crippen LogP contribution >= 0.6 is 0 Å². The number of ether oxygens (including phenoxy) is 2. The van der Waals surface area contributed by atoms with Crippen LogP contribution in [0.15, 0.2) is 61.4 Å². The molecule has 6 rings (SSSR count). The molecule has 0 atom stereocenters. The van der Waals surface area contributed by atoms with Crippen LogP contribution in [0.2, 0.25) is 0 Å². The number of hydrogen-bond acceptors (Lipinski definition) is 9. The standard InChI is InChI=1S/C26H25F2N9O2/c1-35-16-20(13-32-35)19-12-31-25-34-33-24(37(25)17-19)26(27,28)21-4-2-3-18(11-21)23-29-14-22(15-30-23)39-10-7-36-5-8-38-9-6-36/h2-4,11-17H,5-10H2,1H3. The fourth-order valence-electron chi connectivity index (χ4n) is 4.36. The van der Waals surface area contributed by atoms with Crippen molar-refractivity contribution in [1.29, 1.82) is 0 Å². The number of nitrogens with zero attached hydrogens (tertiary/aromatic N) is 9. The molecule has 0 unspecified atom stereocenters. The van der Waals surface area contributed by atoms with Gasteiger partial charge in [0.25, 0.3) is 5.78 Å². The number of benzene rings is 1. The van der Waals surface area contributed by atoms with E-state index in [1.165, 1.54) is 28.8 Å². The average molecular weight is 534 g/mol. The maximum atomic E-state index is 15.8. The van der Waals surface area contributed by atoms with Crippen LogP contribution in [0.3, 0.4) is 0 Å². The summed E-state index contributed by atoms with van der Waals surface area (Å²) < 4.78 is 45.5. The summed E-state index contributed by atoms with van der Waals surface area (Å²) in [6.45, 7) is 4.49. The molecule has 13 heteroatoms. The van der Waals surface area contributed by atoms with Crippen molar-refractivity contribution < 1.29 is 18.3 Å². The highest BCUT2D eigenvalue weighted by Crippen LogP contribution is 2.36. The molecular formula is C26H25F2N9O2. The molecule has 1 aromatic carbocycles. The van der Waals surface area contributed by atoms with Gasteiger partial charge >= 0.3 is 5.92 Å². The van der Waals surface area contributed by atoms with Gasteiger partial charge in [-0.15, -0.1) is 10.2 Å². The topological polar surface area (TPSA) is 108 Å². The van der Waals surface area contributed by atoms with Crippen molar-refractivity contribution in [3.63, 3.8) is 0 Å². The summed E-state index contributed by atoms with van der Waals surface area (Å²) in [5.74, 6) is -3.12. The number of halogens is 2. The summed E-state index contributed by atoms with van der Waals surface area (Å²) in [7, 11) is 1.78. The van der Waals surface area contributed by atoms with Gasteiger partial charge in [0.1, 0.15) is 6.61 Å². The van der Waals surface area contributed by atoms with Gasteiger partial charge in [-0.1, -0.05) is 18.2 Å². The van der Waals surface area contributed by atoms with Crippen molar-refractivity contribution in [3.8, 4) is 28.3 Å². The summed E-state index contributed by atoms with van der Waals surface area (Å²) in [6.07, 6.45) is 9.59. The van der Waals surface area contributed by atoms with Crippen LogP contribution in [-0.4, -0.2) is 83.7 Å². The van der Waals surface area contributed by atoms with Crippen LogP contribution in [0, 0.1) is 0 Å². The maximum absolute atomic E-state index is 15.8. The van der Waals surface area contributed by atoms with E-state index in [1.54, 1.807) is 48.8 Å². The average Bonchev–Trinajstić information content (AvgIpc) is 3.60. The Morgan fingerprint density at radius 2 is 1.74 bits per heavy atom. The normalized spacial score (nSPS) is 14.6. The second-order valence-corrected chi connectivity index (χ2v) is 9.14. The van der Waals surface area contributed by atoms with Gasteiger partial charge in [-0.25, -0.2) is 15.0 Å². The fourth-order valence-corrected chi connectivity index (χ4v) is 4.36. The Balaban J connectivity index is 1.21. The Morgan fingerprint density at radius 1 is 0.949 bits per heavy atom. The minimum Gasteiger partial charge on any atom is -0.489 e. The van der Waals surface area contributed by atoms with Crippen molar-refractivity contribution in [2.24, 2.45) is 7.05 Å². The van der Waals surface area contributed by atoms with E-state index in [-0.39, 0.29) is 11.3 Å². The number of rotatable bonds is 8. The van der Waals surface area contributed by atoms with E-state index in [2.05, 4.69) is 35.1 Å². The molecule has 0 saturated carbocycles. The third-order valence-electron chi connectivity index (χ3n) is 6.48. The highest BCUT2D eigenvalue weighted by Gasteiger charge is 2.40. The Labute approximate surface area is 222 Å². The highest BCUT2D eigenvalue weighted by molar-refractivity contribution is 5.61. The number of morpholine rings is 1. The Morgan fingerprint density at radius 3 is 2.51 bits per heavy atom. The van der Waals surface area contributed by atoms with Crippen LogP contribution < -0.4 is 4.74 Å². The van der Waals surface area contributed by atoms with Crippen LogP contribution in [0.5, 0.6) is 5.75 Å². The first-order valence-corrected chi connectivity index (χ1v) is 12.4. The molecule has 4 aromatic heterocycles. The van der Waals surface area contributed by atoms with Gasteiger partial charge in [-0.2, -0.15) is 13.9 Å². The molecule has 0 bridgehead atoms. The zero-order valence-electron chi connectivity index (χ0n) is 21.1. The summed E-state index contributed by atoms with van der Waals surface area (Å²) in [5, 5.41) is 11.8. The Bertz CT molecular complexity index is 1580. The molecule has 39 heavy (non-hydrogen) atoms. The van der Waals surface area contributed by atoms with Crippen molar-refractivity contribution in [2.45, 2.75) is 5.92 Å². The minimum atomic E-state index is -3.47. The third kappa shape index (κ3) is 5.18. The largest absolute Gasteiger partial charge is 0.489 e. The first-order chi connectivity index (χ1) is 19.0. The second kappa shape index (κ2) is 10.4. The van der Waals surface area contributed by atoms with Gasteiger partial charge < -0.3 is 9.47 Å². The van der Waals surface area contributed by atoms with Gasteiger partial charge in [0, 0.05) is 67.5 Å². The number of alkyl halides is 2. The molecule has 1 aliphatic heterocycles. The zero-order valence-corrected chi connectivity index (χ0v) is 21.1. The number of aryl methyl sites for hydroxylation is 1. The Hall–Kier alpha value is -4.36. The SMILES string of the molecule is Cn1cc(-c2cnc3nnc(C(F)(F)c4cccc(-c5ncc(OCCN6CCOCC6)cn5)c4)n3c2)cn1. The number of aromatic nitrogens is 8. The maximum Gasteiger partial charge on any atom is 0.332 e. The lowest BCUT2D eigenvalue weighted by atomic mass is 10.0. The molecule has 200 valence electrons. The summed E-state index contributed by atoms with van der Waals surface area (Å²) in [4.78, 5) is 15.1. The molecular weight excluding hydrogens is 508 g/mol. The predicted molar refractivity (Wildman–Crippen MR) is 136 cm³/mol. The molecule has 0 amide bonds. The van der Waals surface area contributed by atoms with E-state index < -0.39 is 11.7 Å². The van der Waals surface area contributed by atoms with Gasteiger partial charge in [-0.3, -0.25) is 14.0 Å². The lowest BCUT2D eigenvalue weighted by molar-refractivity contribution is 0.0317. The van der Waals surface area contributed by atoms with Crippen molar-refractivity contribution in [3.05, 3.63) is 72.8 Å². The van der Waals surface area contributed by atoms with Crippen LogP contribution in [0.1, 0.15) is 11.4 Å². The van der Waals surface area contributed by atoms with E-state index in [4.69, 9.17) is 9.47 Å². The lowest BCUT2D eigenvalue weighted by Gasteiger charge is -2.26. The van der Waals surface area contributed by atoms with E-state index in [1.807, 2.05) is 0 Å². The first-order valence-electron chi connectivity index (χ1n) is 12.4. The second-order valence-electron chi connectivity index (χ2n) is 9.14. The van der Waals surface area contributed by atoms with Gasteiger partial charge in [-0.05, 0) is 6.07 Å².